The molecule has 1 amide bonds. The summed E-state index contributed by atoms with van der Waals surface area (Å²) in [5.74, 6) is -2.81. The Morgan fingerprint density at radius 3 is 2.37 bits per heavy atom. The summed E-state index contributed by atoms with van der Waals surface area (Å²) in [6.07, 6.45) is 0.0131. The van der Waals surface area contributed by atoms with E-state index >= 15 is 0 Å². The monoisotopic (exact) mass is 367 g/mol. The van der Waals surface area contributed by atoms with Gasteiger partial charge in [-0.3, -0.25) is 9.59 Å². The number of aliphatic carboxylic acids is 1. The molecule has 0 spiro atoms. The molecule has 1 aliphatic heterocycles. The molecule has 140 valence electrons. The first-order valence-corrected chi connectivity index (χ1v) is 8.69. The van der Waals surface area contributed by atoms with E-state index in [-0.39, 0.29) is 6.42 Å². The van der Waals surface area contributed by atoms with E-state index in [0.29, 0.717) is 5.56 Å². The Kier molecular flexibility index (Phi) is 5.26. The number of nitrogens with zero attached hydrogens (tertiary/aromatic N) is 1. The number of rotatable bonds is 4. The highest BCUT2D eigenvalue weighted by Gasteiger charge is 2.51. The second kappa shape index (κ2) is 7.61. The van der Waals surface area contributed by atoms with Crippen LogP contribution in [0.2, 0.25) is 0 Å². The van der Waals surface area contributed by atoms with Crippen molar-refractivity contribution < 1.29 is 24.2 Å². The molecule has 3 rings (SSSR count). The van der Waals surface area contributed by atoms with Gasteiger partial charge in [0.25, 0.3) is 5.91 Å². The zero-order valence-electron chi connectivity index (χ0n) is 15.2. The lowest BCUT2D eigenvalue weighted by Crippen LogP contribution is -2.42. The van der Waals surface area contributed by atoms with Crippen molar-refractivity contribution in [2.45, 2.75) is 25.4 Å². The van der Waals surface area contributed by atoms with Crippen molar-refractivity contribution in [1.82, 2.24) is 4.90 Å². The Balaban J connectivity index is 2.12. The number of hydrogen-bond acceptors (Lipinski definition) is 4. The quantitative estimate of drug-likeness (QED) is 0.840. The minimum atomic E-state index is -1.14. The molecule has 0 radical (unpaired) electrons. The van der Waals surface area contributed by atoms with Gasteiger partial charge >= 0.3 is 11.9 Å². The van der Waals surface area contributed by atoms with Crippen LogP contribution >= 0.6 is 0 Å². The van der Waals surface area contributed by atoms with Gasteiger partial charge in [-0.2, -0.15) is 0 Å². The third-order valence-corrected chi connectivity index (χ3v) is 4.92. The van der Waals surface area contributed by atoms with Gasteiger partial charge in [0.15, 0.2) is 0 Å². The van der Waals surface area contributed by atoms with Crippen LogP contribution in [0.4, 0.5) is 0 Å². The molecule has 0 saturated carbocycles. The average molecular weight is 367 g/mol. The fourth-order valence-electron chi connectivity index (χ4n) is 3.71. The zero-order chi connectivity index (χ0) is 19.6. The molecule has 0 bridgehead atoms. The van der Waals surface area contributed by atoms with E-state index in [9.17, 15) is 19.5 Å². The predicted molar refractivity (Wildman–Crippen MR) is 98.1 cm³/mol. The summed E-state index contributed by atoms with van der Waals surface area (Å²) in [7, 11) is 1.27. The van der Waals surface area contributed by atoms with E-state index in [0.717, 1.165) is 11.1 Å². The molecule has 3 atom stereocenters. The van der Waals surface area contributed by atoms with Crippen LogP contribution in [-0.2, 0) is 14.3 Å². The Morgan fingerprint density at radius 2 is 1.78 bits per heavy atom. The molecule has 1 heterocycles. The molecule has 1 fully saturated rings. The van der Waals surface area contributed by atoms with Crippen LogP contribution in [-0.4, -0.2) is 41.0 Å². The molecule has 6 nitrogen and oxygen atoms in total. The van der Waals surface area contributed by atoms with Gasteiger partial charge in [0.05, 0.1) is 19.1 Å². The second-order valence-corrected chi connectivity index (χ2v) is 6.66. The molecule has 2 aromatic carbocycles. The number of benzene rings is 2. The van der Waals surface area contributed by atoms with Gasteiger partial charge in [-0.1, -0.05) is 48.0 Å². The van der Waals surface area contributed by atoms with Crippen molar-refractivity contribution in [2.24, 2.45) is 5.92 Å². The third kappa shape index (κ3) is 3.56. The first kappa shape index (κ1) is 18.6. The maximum atomic E-state index is 13.2. The van der Waals surface area contributed by atoms with Gasteiger partial charge in [-0.15, -0.1) is 0 Å². The number of carboxylic acids is 1. The molecule has 1 saturated heterocycles. The maximum absolute atomic E-state index is 13.2. The number of carbonyl (C=O) groups is 3. The van der Waals surface area contributed by atoms with E-state index in [4.69, 9.17) is 4.74 Å². The molecule has 0 aliphatic carbocycles. The van der Waals surface area contributed by atoms with Crippen molar-refractivity contribution in [2.75, 3.05) is 7.11 Å². The van der Waals surface area contributed by atoms with Crippen LogP contribution in [0.3, 0.4) is 0 Å². The van der Waals surface area contributed by atoms with Crippen molar-refractivity contribution in [3.05, 3.63) is 71.3 Å². The van der Waals surface area contributed by atoms with E-state index in [1.54, 1.807) is 30.3 Å². The fourth-order valence-corrected chi connectivity index (χ4v) is 3.71. The molecule has 1 N–H and O–H groups in total. The van der Waals surface area contributed by atoms with Gasteiger partial charge in [0.2, 0.25) is 0 Å². The van der Waals surface area contributed by atoms with Gasteiger partial charge in [-0.05, 0) is 31.0 Å². The molecule has 1 aliphatic rings. The van der Waals surface area contributed by atoms with E-state index in [2.05, 4.69) is 0 Å². The highest BCUT2D eigenvalue weighted by Crippen LogP contribution is 2.43. The largest absolute Gasteiger partial charge is 0.480 e. The standard InChI is InChI=1S/C21H21NO5/c1-13-7-6-10-15(11-13)18-16(21(26)27-2)12-17(20(24)25)22(18)19(23)14-8-4-3-5-9-14/h3-11,16-18H,12H2,1-2H3,(H,24,25). The summed E-state index contributed by atoms with van der Waals surface area (Å²) in [6, 6.07) is 14.1. The molecular formula is C21H21NO5. The zero-order valence-corrected chi connectivity index (χ0v) is 15.2. The lowest BCUT2D eigenvalue weighted by molar-refractivity contribution is -0.146. The summed E-state index contributed by atoms with van der Waals surface area (Å²) < 4.78 is 4.91. The topological polar surface area (TPSA) is 83.9 Å². The molecule has 3 unspecified atom stereocenters. The highest BCUT2D eigenvalue weighted by atomic mass is 16.5. The number of hydrogen-bond donors (Lipinski definition) is 1. The molecule has 27 heavy (non-hydrogen) atoms. The van der Waals surface area contributed by atoms with Crippen molar-refractivity contribution >= 4 is 17.8 Å². The Labute approximate surface area is 157 Å². The number of carboxylic acid groups (broad SMARTS) is 1. The van der Waals surface area contributed by atoms with Gasteiger partial charge in [0, 0.05) is 5.56 Å². The summed E-state index contributed by atoms with van der Waals surface area (Å²) in [5, 5.41) is 9.72. The van der Waals surface area contributed by atoms with E-state index in [1.165, 1.54) is 12.0 Å². The SMILES string of the molecule is COC(=O)C1CC(C(=O)O)N(C(=O)c2ccccc2)C1c1cccc(C)c1. The van der Waals surface area contributed by atoms with E-state index < -0.39 is 35.8 Å². The second-order valence-electron chi connectivity index (χ2n) is 6.66. The summed E-state index contributed by atoms with van der Waals surface area (Å²) >= 11 is 0. The average Bonchev–Trinajstić information content (AvgIpc) is 3.08. The Morgan fingerprint density at radius 1 is 1.07 bits per heavy atom. The van der Waals surface area contributed by atoms with Crippen LogP contribution in [0.1, 0.15) is 33.9 Å². The maximum Gasteiger partial charge on any atom is 0.326 e. The number of likely N-dealkylation sites (tertiary alicyclic amines) is 1. The van der Waals surface area contributed by atoms with Crippen molar-refractivity contribution in [1.29, 1.82) is 0 Å². The minimum Gasteiger partial charge on any atom is -0.480 e. The van der Waals surface area contributed by atoms with Crippen LogP contribution in [0, 0.1) is 12.8 Å². The van der Waals surface area contributed by atoms with Crippen molar-refractivity contribution in [3.8, 4) is 0 Å². The highest BCUT2D eigenvalue weighted by molar-refractivity contribution is 5.98. The van der Waals surface area contributed by atoms with Crippen LogP contribution in [0.25, 0.3) is 0 Å². The normalized spacial score (nSPS) is 21.7. The van der Waals surface area contributed by atoms with Gasteiger partial charge < -0.3 is 14.7 Å². The van der Waals surface area contributed by atoms with E-state index in [1.807, 2.05) is 31.2 Å². The fraction of sp³-hybridized carbons (Fsp3) is 0.286. The lowest BCUT2D eigenvalue weighted by Gasteiger charge is -2.30. The number of ether oxygens (including phenoxy) is 1. The summed E-state index contributed by atoms with van der Waals surface area (Å²) in [6.45, 7) is 1.91. The molecule has 2 aromatic rings. The summed E-state index contributed by atoms with van der Waals surface area (Å²) in [4.78, 5) is 38.8. The number of methoxy groups -OCH3 is 1. The molecule has 0 aromatic heterocycles. The minimum absolute atomic E-state index is 0.0131. The number of carbonyl (C=O) groups excluding carboxylic acids is 2. The van der Waals surface area contributed by atoms with Gasteiger partial charge in [-0.25, -0.2) is 4.79 Å². The molecule has 6 heteroatoms. The van der Waals surface area contributed by atoms with Crippen LogP contribution in [0.5, 0.6) is 0 Å². The number of aryl methyl sites for hydroxylation is 1. The lowest BCUT2D eigenvalue weighted by atomic mass is 9.92. The first-order valence-electron chi connectivity index (χ1n) is 8.69. The first-order chi connectivity index (χ1) is 12.9. The Hall–Kier alpha value is -3.15. The number of amides is 1. The Bertz CT molecular complexity index is 864. The van der Waals surface area contributed by atoms with Crippen LogP contribution in [0.15, 0.2) is 54.6 Å². The molecular weight excluding hydrogens is 346 g/mol. The summed E-state index contributed by atoms with van der Waals surface area (Å²) in [5.41, 5.74) is 2.06. The third-order valence-electron chi connectivity index (χ3n) is 4.92. The number of esters is 1. The van der Waals surface area contributed by atoms with Crippen LogP contribution < -0.4 is 0 Å². The smallest absolute Gasteiger partial charge is 0.326 e. The van der Waals surface area contributed by atoms with Gasteiger partial charge in [0.1, 0.15) is 6.04 Å². The van der Waals surface area contributed by atoms with Crippen molar-refractivity contribution in [3.63, 3.8) is 0 Å². The predicted octanol–water partition coefficient (Wildman–Crippen LogP) is 2.82.